The summed E-state index contributed by atoms with van der Waals surface area (Å²) in [6, 6.07) is 11.4. The van der Waals surface area contributed by atoms with Crippen LogP contribution in [0.2, 0.25) is 0 Å². The Hall–Kier alpha value is -1.05. The molecule has 2 rings (SSSR count). The second kappa shape index (κ2) is 4.21. The predicted molar refractivity (Wildman–Crippen MR) is 63.7 cm³/mol. The maximum absolute atomic E-state index is 11.2. The molecule has 15 heavy (non-hydrogen) atoms. The van der Waals surface area contributed by atoms with Gasteiger partial charge in [0.15, 0.2) is 0 Å². The number of alkyl halides is 1. The van der Waals surface area contributed by atoms with Gasteiger partial charge in [0.2, 0.25) is 0 Å². The summed E-state index contributed by atoms with van der Waals surface area (Å²) in [5.41, 5.74) is 1.29. The van der Waals surface area contributed by atoms with E-state index in [1.807, 2.05) is 30.3 Å². The van der Waals surface area contributed by atoms with E-state index in [2.05, 4.69) is 0 Å². The molecule has 76 valence electrons. The van der Waals surface area contributed by atoms with E-state index in [1.54, 1.807) is 6.07 Å². The van der Waals surface area contributed by atoms with E-state index >= 15 is 0 Å². The highest BCUT2D eigenvalue weighted by Crippen LogP contribution is 2.25. The van der Waals surface area contributed by atoms with Crippen molar-refractivity contribution in [2.75, 3.05) is 0 Å². The minimum absolute atomic E-state index is 0.287. The van der Waals surface area contributed by atoms with Crippen molar-refractivity contribution in [2.24, 2.45) is 0 Å². The first kappa shape index (κ1) is 10.5. The van der Waals surface area contributed by atoms with Crippen molar-refractivity contribution in [3.63, 3.8) is 0 Å². The van der Waals surface area contributed by atoms with Gasteiger partial charge < -0.3 is 0 Å². The molecule has 0 aromatic heterocycles. The highest BCUT2D eigenvalue weighted by atomic mass is 35.5. The first-order valence-electron chi connectivity index (χ1n) is 4.50. The number of benzene rings is 2. The van der Waals surface area contributed by atoms with E-state index in [-0.39, 0.29) is 5.88 Å². The maximum atomic E-state index is 11.2. The molecule has 0 aliphatic carbocycles. The lowest BCUT2D eigenvalue weighted by atomic mass is 10.0. The molecule has 2 aromatic carbocycles. The molecule has 0 saturated heterocycles. The van der Waals surface area contributed by atoms with Gasteiger partial charge in [0.05, 0.1) is 0 Å². The Bertz CT molecular complexity index is 520. The van der Waals surface area contributed by atoms with Crippen LogP contribution in [-0.2, 0) is 5.88 Å². The molecule has 0 saturated carbocycles. The molecule has 0 heterocycles. The Kier molecular flexibility index (Phi) is 2.94. The van der Waals surface area contributed by atoms with Crippen LogP contribution in [0.1, 0.15) is 15.9 Å². The van der Waals surface area contributed by atoms with Crippen molar-refractivity contribution in [1.29, 1.82) is 0 Å². The molecule has 0 amide bonds. The fraction of sp³-hybridized carbons (Fsp3) is 0.0833. The minimum Gasteiger partial charge on any atom is -0.276 e. The molecule has 3 heteroatoms. The predicted octanol–water partition coefficient (Wildman–Crippen LogP) is 3.96. The molecule has 0 bridgehead atoms. The average Bonchev–Trinajstić information content (AvgIpc) is 2.27. The Balaban J connectivity index is 2.81. The number of halogens is 2. The quantitative estimate of drug-likeness (QED) is 0.572. The topological polar surface area (TPSA) is 17.1 Å². The van der Waals surface area contributed by atoms with Gasteiger partial charge in [0.25, 0.3) is 5.24 Å². The maximum Gasteiger partial charge on any atom is 0.252 e. The number of carbonyl (C=O) groups excluding carboxylic acids is 1. The van der Waals surface area contributed by atoms with Crippen molar-refractivity contribution in [1.82, 2.24) is 0 Å². The van der Waals surface area contributed by atoms with Crippen molar-refractivity contribution in [3.8, 4) is 0 Å². The molecule has 0 aliphatic heterocycles. The summed E-state index contributed by atoms with van der Waals surface area (Å²) in [4.78, 5) is 11.2. The molecule has 0 aliphatic rings. The highest BCUT2D eigenvalue weighted by molar-refractivity contribution is 6.68. The lowest BCUT2D eigenvalue weighted by molar-refractivity contribution is 0.108. The van der Waals surface area contributed by atoms with Crippen LogP contribution in [0.5, 0.6) is 0 Å². The Labute approximate surface area is 97.6 Å². The molecule has 0 radical (unpaired) electrons. The third kappa shape index (κ3) is 1.85. The van der Waals surface area contributed by atoms with E-state index in [4.69, 9.17) is 23.2 Å². The smallest absolute Gasteiger partial charge is 0.252 e. The molecular formula is C12H8Cl2O. The molecule has 0 unspecified atom stereocenters. The number of rotatable bonds is 2. The van der Waals surface area contributed by atoms with Crippen molar-refractivity contribution in [3.05, 3.63) is 47.5 Å². The summed E-state index contributed by atoms with van der Waals surface area (Å²) >= 11 is 11.3. The molecule has 0 N–H and O–H groups in total. The molecule has 1 nitrogen and oxygen atoms in total. The second-order valence-electron chi connectivity index (χ2n) is 3.22. The molecular weight excluding hydrogens is 231 g/mol. The van der Waals surface area contributed by atoms with Crippen molar-refractivity contribution >= 4 is 39.2 Å². The normalized spacial score (nSPS) is 10.5. The average molecular weight is 239 g/mol. The lowest BCUT2D eigenvalue weighted by Crippen LogP contribution is -1.96. The van der Waals surface area contributed by atoms with E-state index in [0.29, 0.717) is 5.56 Å². The molecule has 0 spiro atoms. The lowest BCUT2D eigenvalue weighted by Gasteiger charge is -2.07. The number of hydrogen-bond acceptors (Lipinski definition) is 1. The minimum atomic E-state index is -0.462. The van der Waals surface area contributed by atoms with Gasteiger partial charge in [-0.15, -0.1) is 11.6 Å². The molecule has 0 atom stereocenters. The second-order valence-corrected chi connectivity index (χ2v) is 3.83. The van der Waals surface area contributed by atoms with Crippen molar-refractivity contribution in [2.45, 2.75) is 5.88 Å². The summed E-state index contributed by atoms with van der Waals surface area (Å²) in [6.45, 7) is 0. The van der Waals surface area contributed by atoms with Gasteiger partial charge in [-0.1, -0.05) is 30.3 Å². The van der Waals surface area contributed by atoms with Crippen LogP contribution < -0.4 is 0 Å². The van der Waals surface area contributed by atoms with E-state index in [1.165, 1.54) is 0 Å². The van der Waals surface area contributed by atoms with Crippen LogP contribution in [-0.4, -0.2) is 5.24 Å². The van der Waals surface area contributed by atoms with Gasteiger partial charge in [0.1, 0.15) is 0 Å². The summed E-state index contributed by atoms with van der Waals surface area (Å²) in [5.74, 6) is 0.287. The van der Waals surface area contributed by atoms with E-state index < -0.39 is 5.24 Å². The summed E-state index contributed by atoms with van der Waals surface area (Å²) in [6.07, 6.45) is 0. The summed E-state index contributed by atoms with van der Waals surface area (Å²) < 4.78 is 0. The van der Waals surface area contributed by atoms with Gasteiger partial charge in [-0.25, -0.2) is 0 Å². The monoisotopic (exact) mass is 238 g/mol. The summed E-state index contributed by atoms with van der Waals surface area (Å²) in [7, 11) is 0. The van der Waals surface area contributed by atoms with Gasteiger partial charge in [0, 0.05) is 11.4 Å². The van der Waals surface area contributed by atoms with E-state index in [9.17, 15) is 4.79 Å². The Morgan fingerprint density at radius 3 is 2.53 bits per heavy atom. The fourth-order valence-corrected chi connectivity index (χ4v) is 2.13. The molecule has 2 aromatic rings. The summed E-state index contributed by atoms with van der Waals surface area (Å²) in [5, 5.41) is 1.59. The van der Waals surface area contributed by atoms with Gasteiger partial charge in [-0.3, -0.25) is 4.79 Å². The highest BCUT2D eigenvalue weighted by Gasteiger charge is 2.10. The van der Waals surface area contributed by atoms with Crippen LogP contribution in [0.15, 0.2) is 36.4 Å². The number of fused-ring (bicyclic) bond motifs is 1. The third-order valence-electron chi connectivity index (χ3n) is 2.39. The van der Waals surface area contributed by atoms with Crippen LogP contribution in [0, 0.1) is 0 Å². The number of carbonyl (C=O) groups is 1. The Morgan fingerprint density at radius 1 is 1.13 bits per heavy atom. The van der Waals surface area contributed by atoms with Crippen molar-refractivity contribution < 1.29 is 4.79 Å². The standard InChI is InChI=1S/C12H8Cl2O/c13-7-11-9-4-2-1-3-8(9)5-6-10(11)12(14)15/h1-6H,7H2. The van der Waals surface area contributed by atoms with Gasteiger partial charge in [-0.05, 0) is 34.0 Å². The first-order chi connectivity index (χ1) is 7.24. The van der Waals surface area contributed by atoms with Crippen LogP contribution in [0.4, 0.5) is 0 Å². The Morgan fingerprint density at radius 2 is 1.87 bits per heavy atom. The zero-order valence-electron chi connectivity index (χ0n) is 7.84. The van der Waals surface area contributed by atoms with Gasteiger partial charge in [-0.2, -0.15) is 0 Å². The fourth-order valence-electron chi connectivity index (χ4n) is 1.66. The number of hydrogen-bond donors (Lipinski definition) is 0. The first-order valence-corrected chi connectivity index (χ1v) is 5.41. The third-order valence-corrected chi connectivity index (χ3v) is 2.86. The SMILES string of the molecule is O=C(Cl)c1ccc2ccccc2c1CCl. The van der Waals surface area contributed by atoms with Gasteiger partial charge >= 0.3 is 0 Å². The van der Waals surface area contributed by atoms with Crippen LogP contribution in [0.3, 0.4) is 0 Å². The van der Waals surface area contributed by atoms with E-state index in [0.717, 1.165) is 16.3 Å². The zero-order valence-corrected chi connectivity index (χ0v) is 9.35. The molecule has 0 fully saturated rings. The largest absolute Gasteiger partial charge is 0.276 e. The zero-order chi connectivity index (χ0) is 10.8. The van der Waals surface area contributed by atoms with Crippen LogP contribution >= 0.6 is 23.2 Å². The van der Waals surface area contributed by atoms with Crippen LogP contribution in [0.25, 0.3) is 10.8 Å².